The highest BCUT2D eigenvalue weighted by Gasteiger charge is 2.00. The molecule has 0 aliphatic heterocycles. The molecule has 0 aromatic heterocycles. The first-order valence-electron chi connectivity index (χ1n) is 11.1. The maximum atomic E-state index is 12.1. The summed E-state index contributed by atoms with van der Waals surface area (Å²) in [5.41, 5.74) is 2.76. The number of benzene rings is 3. The molecule has 0 amide bonds. The first-order chi connectivity index (χ1) is 15.7. The van der Waals surface area contributed by atoms with Gasteiger partial charge in [0.2, 0.25) is 0 Å². The zero-order valence-electron chi connectivity index (χ0n) is 18.4. The minimum absolute atomic E-state index is 0.00178. The zero-order valence-corrected chi connectivity index (χ0v) is 18.4. The molecule has 164 valence electrons. The molecule has 0 unspecified atom stereocenters. The molecular formula is C29H30O3. The van der Waals surface area contributed by atoms with Gasteiger partial charge in [0.25, 0.3) is 0 Å². The molecule has 0 heterocycles. The number of unbranched alkanes of at least 4 members (excludes halogenated alkanes) is 3. The van der Waals surface area contributed by atoms with Gasteiger partial charge in [-0.1, -0.05) is 73.3 Å². The summed E-state index contributed by atoms with van der Waals surface area (Å²) >= 11 is 0. The molecule has 3 nitrogen and oxygen atoms in total. The van der Waals surface area contributed by atoms with Crippen LogP contribution >= 0.6 is 0 Å². The van der Waals surface area contributed by atoms with E-state index >= 15 is 0 Å². The first kappa shape index (κ1) is 23.1. The summed E-state index contributed by atoms with van der Waals surface area (Å²) < 4.78 is 11.6. The molecule has 3 heteroatoms. The Morgan fingerprint density at radius 2 is 1.22 bits per heavy atom. The van der Waals surface area contributed by atoms with Crippen molar-refractivity contribution in [3.8, 4) is 11.5 Å². The largest absolute Gasteiger partial charge is 0.494 e. The highest BCUT2D eigenvalue weighted by molar-refractivity contribution is 6.06. The standard InChI is InChI=1S/C29H30O3/c1-2-24-12-17-27(18-13-24)31-22-8-3-4-9-23-32-28-19-14-25(15-20-28)16-21-29(30)26-10-6-5-7-11-26/h2,5-7,10-21H,1,3-4,8-9,22-23H2. The molecule has 3 rings (SSSR count). The van der Waals surface area contributed by atoms with Crippen LogP contribution in [0.2, 0.25) is 0 Å². The molecular weight excluding hydrogens is 396 g/mol. The Hall–Kier alpha value is -3.59. The van der Waals surface area contributed by atoms with Crippen LogP contribution in [0, 0.1) is 0 Å². The number of ketones is 1. The van der Waals surface area contributed by atoms with Crippen LogP contribution in [-0.4, -0.2) is 19.0 Å². The van der Waals surface area contributed by atoms with E-state index < -0.39 is 0 Å². The fraction of sp³-hybridized carbons (Fsp3) is 0.207. The van der Waals surface area contributed by atoms with E-state index in [9.17, 15) is 4.79 Å². The van der Waals surface area contributed by atoms with Crippen molar-refractivity contribution in [1.29, 1.82) is 0 Å². The highest BCUT2D eigenvalue weighted by Crippen LogP contribution is 2.16. The quantitative estimate of drug-likeness (QED) is 0.164. The van der Waals surface area contributed by atoms with Crippen molar-refractivity contribution in [1.82, 2.24) is 0 Å². The summed E-state index contributed by atoms with van der Waals surface area (Å²) in [7, 11) is 0. The van der Waals surface area contributed by atoms with E-state index in [0.717, 1.165) is 54.9 Å². The monoisotopic (exact) mass is 426 g/mol. The second kappa shape index (κ2) is 13.0. The summed E-state index contributed by atoms with van der Waals surface area (Å²) in [4.78, 5) is 12.1. The van der Waals surface area contributed by atoms with Crippen LogP contribution in [0.4, 0.5) is 0 Å². The van der Waals surface area contributed by atoms with Crippen LogP contribution in [0.1, 0.15) is 47.2 Å². The van der Waals surface area contributed by atoms with Gasteiger partial charge in [-0.3, -0.25) is 4.79 Å². The minimum atomic E-state index is 0.00178. The molecule has 0 aliphatic rings. The van der Waals surface area contributed by atoms with Crippen molar-refractivity contribution in [2.75, 3.05) is 13.2 Å². The Bertz CT molecular complexity index is 987. The molecule has 0 spiro atoms. The van der Waals surface area contributed by atoms with Crippen LogP contribution in [0.15, 0.2) is 91.5 Å². The van der Waals surface area contributed by atoms with Gasteiger partial charge in [-0.15, -0.1) is 0 Å². The maximum Gasteiger partial charge on any atom is 0.185 e. The fourth-order valence-corrected chi connectivity index (χ4v) is 3.18. The minimum Gasteiger partial charge on any atom is -0.494 e. The van der Waals surface area contributed by atoms with E-state index in [-0.39, 0.29) is 5.78 Å². The third-order valence-electron chi connectivity index (χ3n) is 5.06. The van der Waals surface area contributed by atoms with Crippen molar-refractivity contribution >= 4 is 17.9 Å². The summed E-state index contributed by atoms with van der Waals surface area (Å²) in [6.45, 7) is 5.18. The highest BCUT2D eigenvalue weighted by atomic mass is 16.5. The molecule has 0 radical (unpaired) electrons. The van der Waals surface area contributed by atoms with E-state index in [1.54, 1.807) is 6.08 Å². The summed E-state index contributed by atoms with van der Waals surface area (Å²) in [5.74, 6) is 1.76. The Labute approximate surface area is 191 Å². The molecule has 3 aromatic rings. The molecule has 0 fully saturated rings. The third-order valence-corrected chi connectivity index (χ3v) is 5.06. The number of hydrogen-bond acceptors (Lipinski definition) is 3. The number of ether oxygens (including phenoxy) is 2. The Balaban J connectivity index is 1.27. The fourth-order valence-electron chi connectivity index (χ4n) is 3.18. The topological polar surface area (TPSA) is 35.5 Å². The summed E-state index contributed by atoms with van der Waals surface area (Å²) in [5, 5.41) is 0. The third kappa shape index (κ3) is 7.92. The van der Waals surface area contributed by atoms with Gasteiger partial charge in [0.1, 0.15) is 11.5 Å². The van der Waals surface area contributed by atoms with Gasteiger partial charge in [-0.2, -0.15) is 0 Å². The lowest BCUT2D eigenvalue weighted by atomic mass is 10.1. The Morgan fingerprint density at radius 3 is 1.75 bits per heavy atom. The molecule has 32 heavy (non-hydrogen) atoms. The van der Waals surface area contributed by atoms with Crippen LogP contribution in [0.5, 0.6) is 11.5 Å². The average Bonchev–Trinajstić information content (AvgIpc) is 2.85. The van der Waals surface area contributed by atoms with Gasteiger partial charge in [0, 0.05) is 5.56 Å². The number of carbonyl (C=O) groups excluding carboxylic acids is 1. The predicted molar refractivity (Wildman–Crippen MR) is 132 cm³/mol. The molecule has 3 aromatic carbocycles. The van der Waals surface area contributed by atoms with Gasteiger partial charge < -0.3 is 9.47 Å². The van der Waals surface area contributed by atoms with E-state index in [0.29, 0.717) is 12.2 Å². The SMILES string of the molecule is C=Cc1ccc(OCCCCCCOc2ccc(C=CC(=O)c3ccccc3)cc2)cc1. The second-order valence-electron chi connectivity index (χ2n) is 7.52. The van der Waals surface area contributed by atoms with Crippen molar-refractivity contribution in [3.05, 3.63) is 108 Å². The molecule has 0 saturated heterocycles. The van der Waals surface area contributed by atoms with Crippen molar-refractivity contribution in [2.45, 2.75) is 25.7 Å². The Kier molecular flexibility index (Phi) is 9.35. The van der Waals surface area contributed by atoms with Gasteiger partial charge in [0.05, 0.1) is 13.2 Å². The summed E-state index contributed by atoms with van der Waals surface area (Å²) in [6.07, 6.45) is 9.54. The molecule has 0 atom stereocenters. The number of hydrogen-bond donors (Lipinski definition) is 0. The van der Waals surface area contributed by atoms with Crippen LogP contribution in [0.25, 0.3) is 12.2 Å². The second-order valence-corrected chi connectivity index (χ2v) is 7.52. The lowest BCUT2D eigenvalue weighted by Gasteiger charge is -2.08. The van der Waals surface area contributed by atoms with E-state index in [1.165, 1.54) is 0 Å². The lowest BCUT2D eigenvalue weighted by molar-refractivity contribution is 0.104. The molecule has 0 bridgehead atoms. The van der Waals surface area contributed by atoms with Crippen molar-refractivity contribution in [3.63, 3.8) is 0 Å². The van der Waals surface area contributed by atoms with Gasteiger partial charge in [-0.05, 0) is 67.2 Å². The van der Waals surface area contributed by atoms with Crippen LogP contribution in [-0.2, 0) is 0 Å². The first-order valence-corrected chi connectivity index (χ1v) is 11.1. The van der Waals surface area contributed by atoms with Gasteiger partial charge >= 0.3 is 0 Å². The number of allylic oxidation sites excluding steroid dienone is 1. The summed E-state index contributed by atoms with van der Waals surface area (Å²) in [6, 6.07) is 25.0. The normalized spacial score (nSPS) is 10.8. The number of carbonyl (C=O) groups is 1. The molecule has 0 aliphatic carbocycles. The van der Waals surface area contributed by atoms with Gasteiger partial charge in [0.15, 0.2) is 5.78 Å². The number of rotatable bonds is 13. The van der Waals surface area contributed by atoms with Crippen LogP contribution < -0.4 is 9.47 Å². The maximum absolute atomic E-state index is 12.1. The zero-order chi connectivity index (χ0) is 22.4. The average molecular weight is 427 g/mol. The molecule has 0 saturated carbocycles. The van der Waals surface area contributed by atoms with Crippen molar-refractivity contribution < 1.29 is 14.3 Å². The smallest absolute Gasteiger partial charge is 0.185 e. The predicted octanol–water partition coefficient (Wildman–Crippen LogP) is 7.24. The van der Waals surface area contributed by atoms with E-state index in [1.807, 2.05) is 91.0 Å². The van der Waals surface area contributed by atoms with Crippen molar-refractivity contribution in [2.24, 2.45) is 0 Å². The molecule has 0 N–H and O–H groups in total. The van der Waals surface area contributed by atoms with Gasteiger partial charge in [-0.25, -0.2) is 0 Å². The lowest BCUT2D eigenvalue weighted by Crippen LogP contribution is -2.00. The Morgan fingerprint density at radius 1 is 0.688 bits per heavy atom. The van der Waals surface area contributed by atoms with E-state index in [4.69, 9.17) is 9.47 Å². The van der Waals surface area contributed by atoms with Crippen LogP contribution in [0.3, 0.4) is 0 Å². The van der Waals surface area contributed by atoms with E-state index in [2.05, 4.69) is 6.58 Å².